The number of amides is 2. The fraction of sp³-hybridized carbons (Fsp3) is 0.250. The van der Waals surface area contributed by atoms with Crippen molar-refractivity contribution in [2.24, 2.45) is 7.05 Å². The Hall–Kier alpha value is -4.25. The molecule has 1 aliphatic rings. The normalized spacial score (nSPS) is 13.9. The molecule has 0 atom stereocenters. The van der Waals surface area contributed by atoms with E-state index in [1.165, 1.54) is 10.1 Å². The van der Waals surface area contributed by atoms with Crippen molar-refractivity contribution in [1.82, 2.24) is 25.2 Å². The molecular formula is C28H29N5O5. The Morgan fingerprint density at radius 3 is 2.37 bits per heavy atom. The van der Waals surface area contributed by atoms with Crippen LogP contribution in [0.4, 0.5) is 0 Å². The van der Waals surface area contributed by atoms with Gasteiger partial charge in [-0.2, -0.15) is 0 Å². The molecule has 4 N–H and O–H groups in total. The number of benzene rings is 2. The molecule has 1 aliphatic heterocycles. The summed E-state index contributed by atoms with van der Waals surface area (Å²) in [6, 6.07) is 16.5. The number of nitrogens with one attached hydrogen (secondary N) is 3. The number of aromatic amines is 1. The first-order valence-corrected chi connectivity index (χ1v) is 12.4. The van der Waals surface area contributed by atoms with Crippen LogP contribution in [0, 0.1) is 0 Å². The molecule has 1 saturated heterocycles. The lowest BCUT2D eigenvalue weighted by molar-refractivity contribution is 0.0342. The van der Waals surface area contributed by atoms with Gasteiger partial charge in [0.2, 0.25) is 0 Å². The summed E-state index contributed by atoms with van der Waals surface area (Å²) in [6.07, 6.45) is 1.79. The van der Waals surface area contributed by atoms with Crippen LogP contribution in [-0.4, -0.2) is 57.8 Å². The zero-order valence-electron chi connectivity index (χ0n) is 21.0. The van der Waals surface area contributed by atoms with E-state index in [4.69, 9.17) is 9.94 Å². The van der Waals surface area contributed by atoms with Crippen molar-refractivity contribution < 1.29 is 19.5 Å². The molecule has 2 aromatic carbocycles. The molecule has 0 bridgehead atoms. The predicted octanol–water partition coefficient (Wildman–Crippen LogP) is 2.41. The molecule has 0 spiro atoms. The van der Waals surface area contributed by atoms with Crippen molar-refractivity contribution in [1.29, 1.82) is 0 Å². The number of pyridine rings is 1. The number of aromatic nitrogens is 2. The van der Waals surface area contributed by atoms with Gasteiger partial charge in [-0.25, -0.2) is 5.48 Å². The molecule has 10 heteroatoms. The summed E-state index contributed by atoms with van der Waals surface area (Å²) in [7, 11) is 1.69. The van der Waals surface area contributed by atoms with Crippen LogP contribution in [-0.2, 0) is 24.9 Å². The van der Waals surface area contributed by atoms with Gasteiger partial charge < -0.3 is 19.6 Å². The third-order valence-corrected chi connectivity index (χ3v) is 6.76. The van der Waals surface area contributed by atoms with E-state index in [9.17, 15) is 14.4 Å². The van der Waals surface area contributed by atoms with Gasteiger partial charge in [0.05, 0.1) is 13.2 Å². The molecule has 2 aromatic heterocycles. The Kier molecular flexibility index (Phi) is 7.36. The van der Waals surface area contributed by atoms with E-state index >= 15 is 0 Å². The maximum atomic E-state index is 12.9. The number of morpholine rings is 1. The first kappa shape index (κ1) is 25.4. The number of aryl methyl sites for hydroxylation is 1. The first-order valence-electron chi connectivity index (χ1n) is 12.4. The number of carbonyl (C=O) groups excluding carboxylic acids is 2. The Morgan fingerprint density at radius 2 is 1.68 bits per heavy atom. The SMILES string of the molecule is Cn1cc(-c2ccc(CN3CCOCC3)cc2)c2cc(C(=O)NCc3ccc(C(=O)NO)cc3)[nH]c2c1=O. The molecule has 0 unspecified atom stereocenters. The van der Waals surface area contributed by atoms with Crippen molar-refractivity contribution in [3.63, 3.8) is 0 Å². The van der Waals surface area contributed by atoms with Crippen LogP contribution in [0.15, 0.2) is 65.6 Å². The van der Waals surface area contributed by atoms with Gasteiger partial charge in [0.15, 0.2) is 0 Å². The third-order valence-electron chi connectivity index (χ3n) is 6.76. The zero-order chi connectivity index (χ0) is 26.6. The van der Waals surface area contributed by atoms with Crippen LogP contribution in [0.2, 0.25) is 0 Å². The third kappa shape index (κ3) is 5.37. The van der Waals surface area contributed by atoms with Crippen LogP contribution in [0.1, 0.15) is 32.0 Å². The average Bonchev–Trinajstić information content (AvgIpc) is 3.41. The molecule has 4 aromatic rings. The maximum absolute atomic E-state index is 12.9. The number of ether oxygens (including phenoxy) is 1. The molecule has 0 saturated carbocycles. The van der Waals surface area contributed by atoms with Gasteiger partial charge in [0.25, 0.3) is 17.4 Å². The van der Waals surface area contributed by atoms with E-state index in [0.29, 0.717) is 16.5 Å². The Labute approximate surface area is 218 Å². The van der Waals surface area contributed by atoms with E-state index in [2.05, 4.69) is 27.3 Å². The number of hydrogen-bond acceptors (Lipinski definition) is 6. The van der Waals surface area contributed by atoms with E-state index < -0.39 is 5.91 Å². The van der Waals surface area contributed by atoms with Gasteiger partial charge in [-0.05, 0) is 34.9 Å². The lowest BCUT2D eigenvalue weighted by Gasteiger charge is -2.26. The van der Waals surface area contributed by atoms with E-state index in [1.54, 1.807) is 49.1 Å². The molecule has 1 fully saturated rings. The minimum absolute atomic E-state index is 0.218. The smallest absolute Gasteiger partial charge is 0.274 e. The zero-order valence-corrected chi connectivity index (χ0v) is 21.0. The fourth-order valence-corrected chi connectivity index (χ4v) is 4.61. The molecule has 5 rings (SSSR count). The molecule has 38 heavy (non-hydrogen) atoms. The van der Waals surface area contributed by atoms with E-state index in [-0.39, 0.29) is 23.7 Å². The highest BCUT2D eigenvalue weighted by Crippen LogP contribution is 2.28. The topological polar surface area (TPSA) is 129 Å². The second-order valence-corrected chi connectivity index (χ2v) is 9.34. The molecule has 0 aliphatic carbocycles. The molecule has 0 radical (unpaired) electrons. The molecule has 3 heterocycles. The largest absolute Gasteiger partial charge is 0.379 e. The average molecular weight is 516 g/mol. The predicted molar refractivity (Wildman–Crippen MR) is 142 cm³/mol. The summed E-state index contributed by atoms with van der Waals surface area (Å²) in [4.78, 5) is 42.6. The van der Waals surface area contributed by atoms with E-state index in [0.717, 1.165) is 49.5 Å². The minimum atomic E-state index is -0.609. The number of fused-ring (bicyclic) bond motifs is 1. The number of H-pyrrole nitrogens is 1. The quantitative estimate of drug-likeness (QED) is 0.221. The maximum Gasteiger partial charge on any atom is 0.274 e. The number of hydrogen-bond donors (Lipinski definition) is 4. The second kappa shape index (κ2) is 11.0. The van der Waals surface area contributed by atoms with Gasteiger partial charge in [-0.15, -0.1) is 0 Å². The number of rotatable bonds is 7. The highest BCUT2D eigenvalue weighted by Gasteiger charge is 2.17. The number of nitrogens with zero attached hydrogens (tertiary/aromatic N) is 2. The number of carbonyl (C=O) groups is 2. The summed E-state index contributed by atoms with van der Waals surface area (Å²) in [5.74, 6) is -0.963. The van der Waals surface area contributed by atoms with Gasteiger partial charge >= 0.3 is 0 Å². The number of hydroxylamine groups is 1. The first-order chi connectivity index (χ1) is 18.4. The molecule has 196 valence electrons. The second-order valence-electron chi connectivity index (χ2n) is 9.34. The summed E-state index contributed by atoms with van der Waals surface area (Å²) in [6.45, 7) is 4.44. The Morgan fingerprint density at radius 1 is 1.00 bits per heavy atom. The van der Waals surface area contributed by atoms with Crippen molar-refractivity contribution in [2.45, 2.75) is 13.1 Å². The Bertz CT molecular complexity index is 1520. The van der Waals surface area contributed by atoms with Crippen LogP contribution in [0.25, 0.3) is 22.0 Å². The lowest BCUT2D eigenvalue weighted by atomic mass is 10.0. The van der Waals surface area contributed by atoms with Crippen molar-refractivity contribution in [2.75, 3.05) is 26.3 Å². The van der Waals surface area contributed by atoms with E-state index in [1.807, 2.05) is 12.1 Å². The van der Waals surface area contributed by atoms with Crippen LogP contribution >= 0.6 is 0 Å². The Balaban J connectivity index is 1.35. The van der Waals surface area contributed by atoms with Crippen LogP contribution in [0.5, 0.6) is 0 Å². The minimum Gasteiger partial charge on any atom is -0.379 e. The highest BCUT2D eigenvalue weighted by atomic mass is 16.5. The lowest BCUT2D eigenvalue weighted by Crippen LogP contribution is -2.35. The van der Waals surface area contributed by atoms with Crippen LogP contribution < -0.4 is 16.4 Å². The summed E-state index contributed by atoms with van der Waals surface area (Å²) < 4.78 is 6.94. The van der Waals surface area contributed by atoms with Crippen molar-refractivity contribution in [3.8, 4) is 11.1 Å². The van der Waals surface area contributed by atoms with Crippen molar-refractivity contribution in [3.05, 3.63) is 93.5 Å². The standard InChI is InChI=1S/C28H29N5O5/c1-32-17-23(20-6-4-19(5-7-20)16-33-10-12-38-13-11-33)22-14-24(30-25(22)28(32)36)27(35)29-15-18-2-8-21(9-3-18)26(34)31-37/h2-9,14,17,30,37H,10-13,15-16H2,1H3,(H,29,35)(H,31,34). The summed E-state index contributed by atoms with van der Waals surface area (Å²) >= 11 is 0. The monoisotopic (exact) mass is 515 g/mol. The van der Waals surface area contributed by atoms with Gasteiger partial charge in [0.1, 0.15) is 11.2 Å². The fourth-order valence-electron chi connectivity index (χ4n) is 4.61. The van der Waals surface area contributed by atoms with Crippen LogP contribution in [0.3, 0.4) is 0 Å². The van der Waals surface area contributed by atoms with Gasteiger partial charge in [-0.1, -0.05) is 36.4 Å². The highest BCUT2D eigenvalue weighted by molar-refractivity contribution is 6.02. The summed E-state index contributed by atoms with van der Waals surface area (Å²) in [5.41, 5.74) is 6.10. The van der Waals surface area contributed by atoms with Crippen molar-refractivity contribution >= 4 is 22.7 Å². The molecule has 2 amide bonds. The molecular weight excluding hydrogens is 486 g/mol. The molecule has 10 nitrogen and oxygen atoms in total. The summed E-state index contributed by atoms with van der Waals surface area (Å²) in [5, 5.41) is 12.2. The van der Waals surface area contributed by atoms with Gasteiger partial charge in [0, 0.05) is 55.9 Å². The van der Waals surface area contributed by atoms with Gasteiger partial charge in [-0.3, -0.25) is 24.5 Å².